The SMILES string of the molecule is COc1ccc2cc(C=NNc3ncnc4nc[nH]c34)ccc2c1. The quantitative estimate of drug-likeness (QED) is 0.446. The predicted molar refractivity (Wildman–Crippen MR) is 93.4 cm³/mol. The highest BCUT2D eigenvalue weighted by molar-refractivity contribution is 5.91. The Morgan fingerprint density at radius 3 is 2.88 bits per heavy atom. The first kappa shape index (κ1) is 14.1. The van der Waals surface area contributed by atoms with E-state index in [1.54, 1.807) is 19.7 Å². The maximum atomic E-state index is 5.24. The molecule has 4 aromatic rings. The lowest BCUT2D eigenvalue weighted by Crippen LogP contribution is -1.95. The van der Waals surface area contributed by atoms with Crippen LogP contribution in [0.2, 0.25) is 0 Å². The van der Waals surface area contributed by atoms with E-state index in [1.807, 2.05) is 30.3 Å². The minimum Gasteiger partial charge on any atom is -0.497 e. The van der Waals surface area contributed by atoms with E-state index in [-0.39, 0.29) is 0 Å². The summed E-state index contributed by atoms with van der Waals surface area (Å²) in [5.74, 6) is 1.43. The molecule has 0 aliphatic rings. The zero-order valence-electron chi connectivity index (χ0n) is 12.9. The largest absolute Gasteiger partial charge is 0.497 e. The van der Waals surface area contributed by atoms with Crippen LogP contribution in [0.5, 0.6) is 5.75 Å². The van der Waals surface area contributed by atoms with Crippen LogP contribution < -0.4 is 10.2 Å². The van der Waals surface area contributed by atoms with Crippen molar-refractivity contribution in [3.8, 4) is 5.75 Å². The molecule has 0 aliphatic heterocycles. The molecule has 0 radical (unpaired) electrons. The van der Waals surface area contributed by atoms with Crippen LogP contribution in [0.4, 0.5) is 5.82 Å². The van der Waals surface area contributed by atoms with Crippen molar-refractivity contribution in [2.75, 3.05) is 12.5 Å². The van der Waals surface area contributed by atoms with Crippen LogP contribution in [-0.4, -0.2) is 33.3 Å². The van der Waals surface area contributed by atoms with Crippen molar-refractivity contribution in [1.82, 2.24) is 19.9 Å². The van der Waals surface area contributed by atoms with Gasteiger partial charge in [-0.15, -0.1) is 0 Å². The summed E-state index contributed by atoms with van der Waals surface area (Å²) >= 11 is 0. The van der Waals surface area contributed by atoms with Gasteiger partial charge in [0.05, 0.1) is 19.7 Å². The molecule has 0 atom stereocenters. The highest BCUT2D eigenvalue weighted by atomic mass is 16.5. The van der Waals surface area contributed by atoms with Crippen LogP contribution in [0.3, 0.4) is 0 Å². The van der Waals surface area contributed by atoms with E-state index in [0.717, 1.165) is 27.6 Å². The topological polar surface area (TPSA) is 88.1 Å². The molecule has 7 nitrogen and oxygen atoms in total. The first-order valence-corrected chi connectivity index (χ1v) is 7.34. The van der Waals surface area contributed by atoms with Crippen LogP contribution in [-0.2, 0) is 0 Å². The number of fused-ring (bicyclic) bond motifs is 2. The average Bonchev–Trinajstić information content (AvgIpc) is 3.11. The van der Waals surface area contributed by atoms with Crippen molar-refractivity contribution in [3.63, 3.8) is 0 Å². The van der Waals surface area contributed by atoms with E-state index in [0.29, 0.717) is 11.5 Å². The van der Waals surface area contributed by atoms with Crippen LogP contribution in [0.1, 0.15) is 5.56 Å². The van der Waals surface area contributed by atoms with E-state index >= 15 is 0 Å². The Kier molecular flexibility index (Phi) is 3.51. The molecule has 0 amide bonds. The standard InChI is InChI=1S/C17H14N6O/c1-24-14-5-4-12-6-11(2-3-13(12)7-14)8-22-23-17-15-16(19-9-18-15)20-10-21-17/h2-10H,1H3,(H2,18,19,20,21,23). The number of H-pyrrole nitrogens is 1. The van der Waals surface area contributed by atoms with Gasteiger partial charge in [-0.25, -0.2) is 15.0 Å². The van der Waals surface area contributed by atoms with Gasteiger partial charge in [-0.1, -0.05) is 18.2 Å². The molecule has 2 aromatic heterocycles. The fourth-order valence-electron chi connectivity index (χ4n) is 2.47. The first-order chi connectivity index (χ1) is 11.8. The predicted octanol–water partition coefficient (Wildman–Crippen LogP) is 2.96. The van der Waals surface area contributed by atoms with Gasteiger partial charge in [0.1, 0.15) is 17.6 Å². The van der Waals surface area contributed by atoms with Crippen LogP contribution in [0.25, 0.3) is 21.9 Å². The molecule has 2 heterocycles. The third-order valence-corrected chi connectivity index (χ3v) is 3.68. The second-order valence-corrected chi connectivity index (χ2v) is 5.17. The van der Waals surface area contributed by atoms with E-state index in [9.17, 15) is 0 Å². The summed E-state index contributed by atoms with van der Waals surface area (Å²) in [4.78, 5) is 15.3. The molecule has 0 unspecified atom stereocenters. The fourth-order valence-corrected chi connectivity index (χ4v) is 2.47. The molecule has 0 spiro atoms. The van der Waals surface area contributed by atoms with Crippen molar-refractivity contribution >= 4 is 34.0 Å². The number of rotatable bonds is 4. The lowest BCUT2D eigenvalue weighted by atomic mass is 10.1. The smallest absolute Gasteiger partial charge is 0.182 e. The number of aromatic nitrogens is 4. The molecule has 0 aliphatic carbocycles. The molecule has 0 fully saturated rings. The number of methoxy groups -OCH3 is 1. The second kappa shape index (κ2) is 5.96. The van der Waals surface area contributed by atoms with E-state index < -0.39 is 0 Å². The van der Waals surface area contributed by atoms with Gasteiger partial charge in [0.25, 0.3) is 0 Å². The lowest BCUT2D eigenvalue weighted by molar-refractivity contribution is 0.415. The average molecular weight is 318 g/mol. The third-order valence-electron chi connectivity index (χ3n) is 3.68. The number of hydrogen-bond donors (Lipinski definition) is 2. The zero-order valence-corrected chi connectivity index (χ0v) is 12.9. The number of benzene rings is 2. The van der Waals surface area contributed by atoms with Gasteiger partial charge in [-0.3, -0.25) is 5.43 Å². The normalized spacial score (nSPS) is 11.4. The molecular weight excluding hydrogens is 304 g/mol. The number of nitrogens with zero attached hydrogens (tertiary/aromatic N) is 4. The van der Waals surface area contributed by atoms with Crippen LogP contribution in [0, 0.1) is 0 Å². The summed E-state index contributed by atoms with van der Waals surface area (Å²) in [6.07, 6.45) is 4.77. The Bertz CT molecular complexity index is 1040. The van der Waals surface area contributed by atoms with E-state index in [1.165, 1.54) is 6.33 Å². The second-order valence-electron chi connectivity index (χ2n) is 5.17. The molecule has 118 valence electrons. The molecule has 4 rings (SSSR count). The highest BCUT2D eigenvalue weighted by Crippen LogP contribution is 2.21. The number of hydrazone groups is 1. The van der Waals surface area contributed by atoms with Gasteiger partial charge >= 0.3 is 0 Å². The monoisotopic (exact) mass is 318 g/mol. The molecule has 0 bridgehead atoms. The fraction of sp³-hybridized carbons (Fsp3) is 0.0588. The Morgan fingerprint density at radius 1 is 1.08 bits per heavy atom. The third kappa shape index (κ3) is 2.63. The zero-order chi connectivity index (χ0) is 16.4. The van der Waals surface area contributed by atoms with Gasteiger partial charge in [-0.2, -0.15) is 5.10 Å². The summed E-state index contributed by atoms with van der Waals surface area (Å²) in [7, 11) is 1.66. The number of nitrogens with one attached hydrogen (secondary N) is 2. The number of anilines is 1. The van der Waals surface area contributed by atoms with Gasteiger partial charge in [0.2, 0.25) is 0 Å². The minimum atomic E-state index is 0.583. The number of hydrogen-bond acceptors (Lipinski definition) is 6. The Morgan fingerprint density at radius 2 is 1.96 bits per heavy atom. The van der Waals surface area contributed by atoms with Crippen molar-refractivity contribution in [3.05, 3.63) is 54.6 Å². The van der Waals surface area contributed by atoms with Crippen molar-refractivity contribution in [2.24, 2.45) is 5.10 Å². The van der Waals surface area contributed by atoms with E-state index in [2.05, 4.69) is 36.5 Å². The number of imidazole rings is 1. The number of aromatic amines is 1. The van der Waals surface area contributed by atoms with Crippen LogP contribution in [0.15, 0.2) is 54.2 Å². The van der Waals surface area contributed by atoms with Crippen LogP contribution >= 0.6 is 0 Å². The Balaban J connectivity index is 1.57. The van der Waals surface area contributed by atoms with Crippen molar-refractivity contribution in [2.45, 2.75) is 0 Å². The van der Waals surface area contributed by atoms with E-state index in [4.69, 9.17) is 4.74 Å². The van der Waals surface area contributed by atoms with Gasteiger partial charge < -0.3 is 9.72 Å². The molecule has 0 saturated carbocycles. The molecule has 2 aromatic carbocycles. The summed E-state index contributed by atoms with van der Waals surface area (Å²) in [5.41, 5.74) is 5.22. The molecule has 7 heteroatoms. The Labute approximate surface area is 137 Å². The number of ether oxygens (including phenoxy) is 1. The molecule has 0 saturated heterocycles. The first-order valence-electron chi connectivity index (χ1n) is 7.34. The summed E-state index contributed by atoms with van der Waals surface area (Å²) in [6.45, 7) is 0. The van der Waals surface area contributed by atoms with Gasteiger partial charge in [0, 0.05) is 0 Å². The lowest BCUT2D eigenvalue weighted by Gasteiger charge is -2.03. The maximum Gasteiger partial charge on any atom is 0.182 e. The summed E-state index contributed by atoms with van der Waals surface area (Å²) < 4.78 is 5.24. The highest BCUT2D eigenvalue weighted by Gasteiger charge is 2.03. The maximum absolute atomic E-state index is 5.24. The Hall–Kier alpha value is -3.48. The van der Waals surface area contributed by atoms with Gasteiger partial charge in [0.15, 0.2) is 11.5 Å². The minimum absolute atomic E-state index is 0.583. The summed E-state index contributed by atoms with van der Waals surface area (Å²) in [5, 5.41) is 6.49. The summed E-state index contributed by atoms with van der Waals surface area (Å²) in [6, 6.07) is 12.1. The van der Waals surface area contributed by atoms with Crippen molar-refractivity contribution < 1.29 is 4.74 Å². The molecule has 2 N–H and O–H groups in total. The molecular formula is C17H14N6O. The molecule has 24 heavy (non-hydrogen) atoms. The van der Waals surface area contributed by atoms with Crippen molar-refractivity contribution in [1.29, 1.82) is 0 Å². The van der Waals surface area contributed by atoms with Gasteiger partial charge in [-0.05, 0) is 34.5 Å².